The van der Waals surface area contributed by atoms with Crippen LogP contribution >= 0.6 is 11.3 Å². The lowest BCUT2D eigenvalue weighted by Gasteiger charge is -2.12. The molecule has 0 saturated carbocycles. The number of carbonyl (C=O) groups is 3. The lowest BCUT2D eigenvalue weighted by atomic mass is 10.1. The number of nitrogens with zero attached hydrogens (tertiary/aromatic N) is 1. The standard InChI is InChI=1S/C26H30N2O6S/c1-17-13-21(18(2)28(17)11-8-19-5-6-23(32-3)24(14-19)33-4)22(29)15-34-25(30)7-10-27-26(31)20-9-12-35-16-20/h5-6,9,12-14,16H,7-8,10-11,15H2,1-4H3,(H,27,31). The predicted molar refractivity (Wildman–Crippen MR) is 134 cm³/mol. The summed E-state index contributed by atoms with van der Waals surface area (Å²) >= 11 is 1.42. The highest BCUT2D eigenvalue weighted by Crippen LogP contribution is 2.28. The van der Waals surface area contributed by atoms with Crippen molar-refractivity contribution in [3.8, 4) is 11.5 Å². The summed E-state index contributed by atoms with van der Waals surface area (Å²) in [4.78, 5) is 36.6. The fourth-order valence-corrected chi connectivity index (χ4v) is 4.41. The summed E-state index contributed by atoms with van der Waals surface area (Å²) in [6, 6.07) is 9.34. The molecule has 35 heavy (non-hydrogen) atoms. The lowest BCUT2D eigenvalue weighted by molar-refractivity contribution is -0.142. The van der Waals surface area contributed by atoms with Gasteiger partial charge in [0, 0.05) is 41.0 Å². The van der Waals surface area contributed by atoms with Gasteiger partial charge in [-0.25, -0.2) is 0 Å². The van der Waals surface area contributed by atoms with E-state index in [0.29, 0.717) is 29.2 Å². The maximum atomic E-state index is 12.7. The van der Waals surface area contributed by atoms with Crippen molar-refractivity contribution in [1.82, 2.24) is 9.88 Å². The summed E-state index contributed by atoms with van der Waals surface area (Å²) in [5, 5.41) is 6.20. The van der Waals surface area contributed by atoms with E-state index in [0.717, 1.165) is 23.4 Å². The molecular weight excluding hydrogens is 468 g/mol. The maximum Gasteiger partial charge on any atom is 0.308 e. The fraction of sp³-hybridized carbons (Fsp3) is 0.346. The smallest absolute Gasteiger partial charge is 0.308 e. The van der Waals surface area contributed by atoms with Crippen LogP contribution in [-0.4, -0.2) is 49.6 Å². The SMILES string of the molecule is COc1ccc(CCn2c(C)cc(C(=O)COC(=O)CCNC(=O)c3ccsc3)c2C)cc1OC. The Balaban J connectivity index is 1.50. The Morgan fingerprint density at radius 1 is 1.03 bits per heavy atom. The zero-order valence-corrected chi connectivity index (χ0v) is 21.2. The molecule has 2 heterocycles. The summed E-state index contributed by atoms with van der Waals surface area (Å²) < 4.78 is 17.9. The second kappa shape index (κ2) is 12.2. The number of amides is 1. The molecule has 3 rings (SSSR count). The largest absolute Gasteiger partial charge is 0.493 e. The van der Waals surface area contributed by atoms with Crippen molar-refractivity contribution < 1.29 is 28.6 Å². The van der Waals surface area contributed by atoms with Crippen molar-refractivity contribution in [3.05, 3.63) is 69.2 Å². The zero-order valence-electron chi connectivity index (χ0n) is 20.4. The van der Waals surface area contributed by atoms with Crippen molar-refractivity contribution in [2.45, 2.75) is 33.2 Å². The number of aromatic nitrogens is 1. The third kappa shape index (κ3) is 6.73. The van der Waals surface area contributed by atoms with E-state index in [4.69, 9.17) is 14.2 Å². The van der Waals surface area contributed by atoms with E-state index >= 15 is 0 Å². The minimum atomic E-state index is -0.536. The average molecular weight is 499 g/mol. The Morgan fingerprint density at radius 3 is 2.49 bits per heavy atom. The number of benzene rings is 1. The van der Waals surface area contributed by atoms with Gasteiger partial charge in [-0.15, -0.1) is 0 Å². The van der Waals surface area contributed by atoms with Gasteiger partial charge >= 0.3 is 5.97 Å². The normalized spacial score (nSPS) is 10.6. The second-order valence-electron chi connectivity index (χ2n) is 7.98. The summed E-state index contributed by atoms with van der Waals surface area (Å²) in [5.74, 6) is 0.319. The first-order chi connectivity index (χ1) is 16.8. The van der Waals surface area contributed by atoms with Gasteiger partial charge in [0.25, 0.3) is 5.91 Å². The molecule has 0 spiro atoms. The van der Waals surface area contributed by atoms with Gasteiger partial charge in [-0.05, 0) is 55.5 Å². The van der Waals surface area contributed by atoms with Crippen molar-refractivity contribution >= 4 is 29.0 Å². The van der Waals surface area contributed by atoms with Crippen LogP contribution in [0.3, 0.4) is 0 Å². The van der Waals surface area contributed by atoms with E-state index in [1.54, 1.807) is 25.7 Å². The number of ether oxygens (including phenoxy) is 3. The molecule has 1 aromatic carbocycles. The third-order valence-electron chi connectivity index (χ3n) is 5.71. The molecule has 1 N–H and O–H groups in total. The van der Waals surface area contributed by atoms with E-state index in [1.165, 1.54) is 11.3 Å². The monoisotopic (exact) mass is 498 g/mol. The van der Waals surface area contributed by atoms with Crippen LogP contribution in [0.15, 0.2) is 41.1 Å². The summed E-state index contributed by atoms with van der Waals surface area (Å²) in [6.45, 7) is 4.32. The van der Waals surface area contributed by atoms with Crippen LogP contribution in [0.5, 0.6) is 11.5 Å². The molecule has 0 atom stereocenters. The number of aryl methyl sites for hydroxylation is 2. The third-order valence-corrected chi connectivity index (χ3v) is 6.39. The minimum Gasteiger partial charge on any atom is -0.493 e. The van der Waals surface area contributed by atoms with Crippen LogP contribution in [-0.2, 0) is 22.5 Å². The first-order valence-corrected chi connectivity index (χ1v) is 12.1. The first kappa shape index (κ1) is 26.0. The molecule has 0 bridgehead atoms. The van der Waals surface area contributed by atoms with Gasteiger partial charge in [-0.2, -0.15) is 11.3 Å². The number of hydrogen-bond acceptors (Lipinski definition) is 7. The van der Waals surface area contributed by atoms with Crippen LogP contribution in [0.2, 0.25) is 0 Å². The number of rotatable bonds is 12. The molecule has 0 radical (unpaired) electrons. The van der Waals surface area contributed by atoms with Crippen LogP contribution in [0.25, 0.3) is 0 Å². The molecule has 0 fully saturated rings. The summed E-state index contributed by atoms with van der Waals surface area (Å²) in [5.41, 5.74) is 3.96. The highest BCUT2D eigenvalue weighted by atomic mass is 32.1. The number of ketones is 1. The van der Waals surface area contributed by atoms with Gasteiger partial charge < -0.3 is 24.1 Å². The second-order valence-corrected chi connectivity index (χ2v) is 8.76. The van der Waals surface area contributed by atoms with Crippen LogP contribution in [0.1, 0.15) is 44.1 Å². The van der Waals surface area contributed by atoms with Gasteiger partial charge in [0.05, 0.1) is 20.6 Å². The van der Waals surface area contributed by atoms with Crippen LogP contribution in [0.4, 0.5) is 0 Å². The van der Waals surface area contributed by atoms with E-state index in [1.807, 2.05) is 43.5 Å². The van der Waals surface area contributed by atoms with Crippen molar-refractivity contribution in [3.63, 3.8) is 0 Å². The predicted octanol–water partition coefficient (Wildman–Crippen LogP) is 3.97. The van der Waals surface area contributed by atoms with E-state index in [9.17, 15) is 14.4 Å². The average Bonchev–Trinajstić information content (AvgIpc) is 3.49. The molecule has 0 aliphatic carbocycles. The number of esters is 1. The molecule has 0 aliphatic heterocycles. The zero-order chi connectivity index (χ0) is 25.4. The van der Waals surface area contributed by atoms with Crippen molar-refractivity contribution in [2.75, 3.05) is 27.4 Å². The Morgan fingerprint density at radius 2 is 1.80 bits per heavy atom. The number of Topliss-reactive ketones (excluding diaryl/α,β-unsaturated/α-hetero) is 1. The minimum absolute atomic E-state index is 0.00645. The maximum absolute atomic E-state index is 12.7. The molecule has 0 unspecified atom stereocenters. The van der Waals surface area contributed by atoms with Crippen LogP contribution in [0, 0.1) is 13.8 Å². The molecule has 3 aromatic rings. The fourth-order valence-electron chi connectivity index (χ4n) is 3.77. The molecule has 8 nitrogen and oxygen atoms in total. The molecule has 9 heteroatoms. The molecule has 1 amide bonds. The molecule has 186 valence electrons. The summed E-state index contributed by atoms with van der Waals surface area (Å²) in [7, 11) is 3.21. The van der Waals surface area contributed by atoms with Crippen LogP contribution < -0.4 is 14.8 Å². The van der Waals surface area contributed by atoms with Crippen molar-refractivity contribution in [1.29, 1.82) is 0 Å². The topological polar surface area (TPSA) is 95.9 Å². The first-order valence-electron chi connectivity index (χ1n) is 11.2. The number of hydrogen-bond donors (Lipinski definition) is 1. The van der Waals surface area contributed by atoms with Gasteiger partial charge in [0.2, 0.25) is 5.78 Å². The molecular formula is C26H30N2O6S. The lowest BCUT2D eigenvalue weighted by Crippen LogP contribution is -2.26. The number of methoxy groups -OCH3 is 2. The van der Waals surface area contributed by atoms with Crippen molar-refractivity contribution in [2.24, 2.45) is 0 Å². The highest BCUT2D eigenvalue weighted by molar-refractivity contribution is 7.08. The number of nitrogens with one attached hydrogen (secondary N) is 1. The Labute approximate surface area is 208 Å². The Kier molecular flexibility index (Phi) is 9.08. The quantitative estimate of drug-likeness (QED) is 0.300. The summed E-state index contributed by atoms with van der Waals surface area (Å²) in [6.07, 6.45) is 0.740. The Hall–Kier alpha value is -3.59. The van der Waals surface area contributed by atoms with E-state index < -0.39 is 5.97 Å². The number of thiophene rings is 1. The van der Waals surface area contributed by atoms with Gasteiger partial charge in [-0.3, -0.25) is 14.4 Å². The number of carbonyl (C=O) groups excluding carboxylic acids is 3. The Bertz CT molecular complexity index is 1180. The highest BCUT2D eigenvalue weighted by Gasteiger charge is 2.18. The molecule has 0 aliphatic rings. The van der Waals surface area contributed by atoms with E-state index in [2.05, 4.69) is 9.88 Å². The molecule has 2 aromatic heterocycles. The van der Waals surface area contributed by atoms with Gasteiger partial charge in [0.15, 0.2) is 18.1 Å². The van der Waals surface area contributed by atoms with E-state index in [-0.39, 0.29) is 31.3 Å². The van der Waals surface area contributed by atoms with Gasteiger partial charge in [-0.1, -0.05) is 6.07 Å². The molecule has 0 saturated heterocycles. The van der Waals surface area contributed by atoms with Gasteiger partial charge in [0.1, 0.15) is 0 Å².